The van der Waals surface area contributed by atoms with Gasteiger partial charge in [0.25, 0.3) is 0 Å². The number of aryl methyl sites for hydroxylation is 1. The van der Waals surface area contributed by atoms with Crippen LogP contribution >= 0.6 is 0 Å². The van der Waals surface area contributed by atoms with Crippen LogP contribution in [0.25, 0.3) is 112 Å². The number of nitrogens with zero attached hydrogens (tertiary/aromatic N) is 4. The standard InChI is InChI=1S/C51H32N4O2/c1-2-13-31(14-3-1)32-15-10-16-34(29-32)55-42-23-7-4-17-35(42)41-30-33(27-28-43(41)55)49-52-50(39-21-12-26-46-47(39)38-19-6-9-25-45(38)56-46)54-51(53-49)40-22-11-20-37-36-18-5-8-24-44(36)57-48(37)40/h1-5,7-18,20-30H,6,19H2. The second-order valence-electron chi connectivity index (χ2n) is 14.7. The maximum absolute atomic E-state index is 6.52. The Balaban J connectivity index is 1.09. The van der Waals surface area contributed by atoms with E-state index >= 15 is 0 Å². The first-order valence-electron chi connectivity index (χ1n) is 19.3. The third-order valence-corrected chi connectivity index (χ3v) is 11.3. The molecule has 57 heavy (non-hydrogen) atoms. The highest BCUT2D eigenvalue weighted by Crippen LogP contribution is 2.41. The van der Waals surface area contributed by atoms with Gasteiger partial charge in [-0.3, -0.25) is 0 Å². The van der Waals surface area contributed by atoms with Crippen LogP contribution in [-0.4, -0.2) is 19.5 Å². The van der Waals surface area contributed by atoms with E-state index in [-0.39, 0.29) is 0 Å². The number of rotatable bonds is 5. The molecule has 0 radical (unpaired) electrons. The summed E-state index contributed by atoms with van der Waals surface area (Å²) in [6, 6.07) is 54.9. The summed E-state index contributed by atoms with van der Waals surface area (Å²) in [4.78, 5) is 15.8. The quantitative estimate of drug-likeness (QED) is 0.176. The minimum atomic E-state index is 0.550. The average molecular weight is 733 g/mol. The molecule has 0 amide bonds. The van der Waals surface area contributed by atoms with E-state index in [0.29, 0.717) is 17.5 Å². The number of fused-ring (bicyclic) bond motifs is 9. The Bertz CT molecular complexity index is 3420. The number of para-hydroxylation sites is 3. The number of hydrogen-bond donors (Lipinski definition) is 0. The third-order valence-electron chi connectivity index (χ3n) is 11.3. The fourth-order valence-electron chi connectivity index (χ4n) is 8.73. The van der Waals surface area contributed by atoms with Crippen molar-refractivity contribution in [1.82, 2.24) is 19.5 Å². The summed E-state index contributed by atoms with van der Waals surface area (Å²) in [5.41, 5.74) is 11.9. The van der Waals surface area contributed by atoms with Crippen molar-refractivity contribution in [2.24, 2.45) is 0 Å². The molecule has 0 unspecified atom stereocenters. The van der Waals surface area contributed by atoms with Gasteiger partial charge in [0.05, 0.1) is 16.6 Å². The molecule has 12 rings (SSSR count). The molecule has 0 fully saturated rings. The Kier molecular flexibility index (Phi) is 6.95. The second-order valence-corrected chi connectivity index (χ2v) is 14.7. The van der Waals surface area contributed by atoms with E-state index in [1.54, 1.807) is 0 Å². The van der Waals surface area contributed by atoms with E-state index in [9.17, 15) is 0 Å². The van der Waals surface area contributed by atoms with Crippen LogP contribution < -0.4 is 0 Å². The number of aromatic nitrogens is 4. The van der Waals surface area contributed by atoms with Gasteiger partial charge in [-0.2, -0.15) is 0 Å². The predicted octanol–water partition coefficient (Wildman–Crippen LogP) is 13.2. The number of furan rings is 2. The zero-order valence-electron chi connectivity index (χ0n) is 30.7. The summed E-state index contributed by atoms with van der Waals surface area (Å²) in [6.07, 6.45) is 6.11. The highest BCUT2D eigenvalue weighted by atomic mass is 16.3. The van der Waals surface area contributed by atoms with Gasteiger partial charge in [-0.15, -0.1) is 0 Å². The van der Waals surface area contributed by atoms with Crippen molar-refractivity contribution in [2.45, 2.75) is 12.8 Å². The number of hydrogen-bond acceptors (Lipinski definition) is 5. The molecule has 6 heteroatoms. The van der Waals surface area contributed by atoms with E-state index in [0.717, 1.165) is 95.7 Å². The molecule has 0 spiro atoms. The molecule has 0 bridgehead atoms. The molecule has 4 aromatic heterocycles. The lowest BCUT2D eigenvalue weighted by Gasteiger charge is -2.12. The number of allylic oxidation sites excluding steroid dienone is 1. The molecular weight excluding hydrogens is 701 g/mol. The van der Waals surface area contributed by atoms with Crippen molar-refractivity contribution in [1.29, 1.82) is 0 Å². The van der Waals surface area contributed by atoms with Crippen molar-refractivity contribution in [3.8, 4) is 51.0 Å². The highest BCUT2D eigenvalue weighted by molar-refractivity contribution is 6.11. The Hall–Kier alpha value is -7.57. The molecule has 7 aromatic carbocycles. The first-order chi connectivity index (χ1) is 28.2. The lowest BCUT2D eigenvalue weighted by Crippen LogP contribution is -2.01. The molecule has 11 aromatic rings. The second kappa shape index (κ2) is 12.5. The topological polar surface area (TPSA) is 69.9 Å². The zero-order valence-corrected chi connectivity index (χ0v) is 30.7. The van der Waals surface area contributed by atoms with Gasteiger partial charge in [0.1, 0.15) is 22.5 Å². The first-order valence-corrected chi connectivity index (χ1v) is 19.3. The van der Waals surface area contributed by atoms with E-state index in [4.69, 9.17) is 23.8 Å². The summed E-state index contributed by atoms with van der Waals surface area (Å²) in [6.45, 7) is 0. The third kappa shape index (κ3) is 5.00. The molecule has 1 aliphatic carbocycles. The van der Waals surface area contributed by atoms with Crippen molar-refractivity contribution in [2.75, 3.05) is 0 Å². The molecule has 0 atom stereocenters. The van der Waals surface area contributed by atoms with Gasteiger partial charge >= 0.3 is 0 Å². The van der Waals surface area contributed by atoms with Crippen LogP contribution in [0.15, 0.2) is 173 Å². The van der Waals surface area contributed by atoms with Crippen LogP contribution in [0.3, 0.4) is 0 Å². The van der Waals surface area contributed by atoms with Crippen LogP contribution in [0.2, 0.25) is 0 Å². The highest BCUT2D eigenvalue weighted by Gasteiger charge is 2.23. The molecule has 268 valence electrons. The summed E-state index contributed by atoms with van der Waals surface area (Å²) < 4.78 is 15.2. The van der Waals surface area contributed by atoms with Gasteiger partial charge in [-0.1, -0.05) is 109 Å². The smallest absolute Gasteiger partial charge is 0.167 e. The Morgan fingerprint density at radius 1 is 0.474 bits per heavy atom. The maximum Gasteiger partial charge on any atom is 0.167 e. The monoisotopic (exact) mass is 732 g/mol. The predicted molar refractivity (Wildman–Crippen MR) is 230 cm³/mol. The van der Waals surface area contributed by atoms with Gasteiger partial charge in [-0.25, -0.2) is 15.0 Å². The minimum Gasteiger partial charge on any atom is -0.456 e. The Morgan fingerprint density at radius 3 is 2.11 bits per heavy atom. The van der Waals surface area contributed by atoms with Gasteiger partial charge < -0.3 is 13.4 Å². The van der Waals surface area contributed by atoms with E-state index < -0.39 is 0 Å². The molecule has 6 nitrogen and oxygen atoms in total. The first kappa shape index (κ1) is 31.7. The van der Waals surface area contributed by atoms with Gasteiger partial charge in [0, 0.05) is 49.3 Å². The molecule has 0 saturated carbocycles. The van der Waals surface area contributed by atoms with Crippen molar-refractivity contribution in [3.63, 3.8) is 0 Å². The SMILES string of the molecule is C1=Cc2oc3cccc(-c4nc(-c5ccc6c(c5)c5ccccc5n6-c5cccc(-c6ccccc6)c5)nc(-c5cccc6c5oc5ccccc56)n4)c3c2CC1. The normalized spacial score (nSPS) is 12.7. The van der Waals surface area contributed by atoms with Crippen LogP contribution in [-0.2, 0) is 6.42 Å². The van der Waals surface area contributed by atoms with Crippen molar-refractivity contribution < 1.29 is 8.83 Å². The van der Waals surface area contributed by atoms with Gasteiger partial charge in [0.2, 0.25) is 0 Å². The maximum atomic E-state index is 6.52. The lowest BCUT2D eigenvalue weighted by atomic mass is 9.97. The minimum absolute atomic E-state index is 0.550. The molecule has 4 heterocycles. The number of benzene rings is 7. The summed E-state index contributed by atoms with van der Waals surface area (Å²) in [7, 11) is 0. The summed E-state index contributed by atoms with van der Waals surface area (Å²) in [5, 5.41) is 5.41. The molecule has 0 saturated heterocycles. The zero-order chi connectivity index (χ0) is 37.5. The van der Waals surface area contributed by atoms with Crippen LogP contribution in [0, 0.1) is 0 Å². The average Bonchev–Trinajstić information content (AvgIpc) is 3.96. The van der Waals surface area contributed by atoms with Crippen LogP contribution in [0.4, 0.5) is 0 Å². The molecule has 0 aliphatic heterocycles. The summed E-state index contributed by atoms with van der Waals surface area (Å²) in [5.74, 6) is 2.63. The van der Waals surface area contributed by atoms with Crippen molar-refractivity contribution in [3.05, 3.63) is 175 Å². The van der Waals surface area contributed by atoms with E-state index in [2.05, 4.69) is 138 Å². The molecule has 1 aliphatic rings. The van der Waals surface area contributed by atoms with Crippen LogP contribution in [0.5, 0.6) is 0 Å². The molecule has 0 N–H and O–H groups in total. The Morgan fingerprint density at radius 2 is 1.18 bits per heavy atom. The van der Waals surface area contributed by atoms with Crippen LogP contribution in [0.1, 0.15) is 17.7 Å². The van der Waals surface area contributed by atoms with E-state index in [1.807, 2.05) is 36.4 Å². The Labute approximate surface area is 327 Å². The fraction of sp³-hybridized carbons (Fsp3) is 0.0392. The van der Waals surface area contributed by atoms with Gasteiger partial charge in [0.15, 0.2) is 17.5 Å². The van der Waals surface area contributed by atoms with E-state index in [1.165, 1.54) is 16.7 Å². The lowest BCUT2D eigenvalue weighted by molar-refractivity contribution is 0.595. The fourth-order valence-corrected chi connectivity index (χ4v) is 8.73. The van der Waals surface area contributed by atoms with Gasteiger partial charge in [-0.05, 0) is 84.6 Å². The van der Waals surface area contributed by atoms with Crippen molar-refractivity contribution >= 4 is 60.8 Å². The largest absolute Gasteiger partial charge is 0.456 e. The molecular formula is C51H32N4O2. The summed E-state index contributed by atoms with van der Waals surface area (Å²) >= 11 is 0.